The topological polar surface area (TPSA) is 79.5 Å². The Balaban J connectivity index is 2.34. The Morgan fingerprint density at radius 3 is 2.67 bits per heavy atom. The average Bonchev–Trinajstić information content (AvgIpc) is 2.44. The van der Waals surface area contributed by atoms with Crippen LogP contribution in [0.5, 0.6) is 0 Å². The maximum Gasteiger partial charge on any atom is 0.332 e. The fourth-order valence-electron chi connectivity index (χ4n) is 1.39. The van der Waals surface area contributed by atoms with Gasteiger partial charge in [0.1, 0.15) is 0 Å². The molecular formula is C14H18ClN3O3. The number of hydrazine groups is 1. The van der Waals surface area contributed by atoms with Crippen molar-refractivity contribution in [1.29, 1.82) is 0 Å². The van der Waals surface area contributed by atoms with Gasteiger partial charge in [-0.3, -0.25) is 10.2 Å². The van der Waals surface area contributed by atoms with Crippen molar-refractivity contribution in [3.05, 3.63) is 41.1 Å². The summed E-state index contributed by atoms with van der Waals surface area (Å²) in [5, 5.41) is 3.44. The molecule has 0 bridgehead atoms. The minimum Gasteiger partial charge on any atom is -0.463 e. The molecule has 0 atom stereocenters. The zero-order chi connectivity index (χ0) is 15.7. The van der Waals surface area contributed by atoms with Gasteiger partial charge in [-0.1, -0.05) is 23.7 Å². The third-order valence-electron chi connectivity index (χ3n) is 2.33. The first kappa shape index (κ1) is 16.8. The van der Waals surface area contributed by atoms with E-state index in [4.69, 9.17) is 16.3 Å². The summed E-state index contributed by atoms with van der Waals surface area (Å²) in [6, 6.07) is 7.12. The van der Waals surface area contributed by atoms with Crippen LogP contribution in [0.2, 0.25) is 5.02 Å². The van der Waals surface area contributed by atoms with E-state index >= 15 is 0 Å². The quantitative estimate of drug-likeness (QED) is 0.407. The molecule has 21 heavy (non-hydrogen) atoms. The summed E-state index contributed by atoms with van der Waals surface area (Å²) in [6.07, 6.45) is 1.26. The van der Waals surface area contributed by atoms with Crippen LogP contribution in [-0.4, -0.2) is 25.0 Å². The van der Waals surface area contributed by atoms with Gasteiger partial charge in [0, 0.05) is 11.8 Å². The van der Waals surface area contributed by atoms with Crippen LogP contribution in [0.25, 0.3) is 0 Å². The van der Waals surface area contributed by atoms with Crippen LogP contribution in [0.1, 0.15) is 13.8 Å². The Morgan fingerprint density at radius 1 is 1.29 bits per heavy atom. The molecule has 114 valence electrons. The number of ether oxygens (including phenoxy) is 1. The highest BCUT2D eigenvalue weighted by molar-refractivity contribution is 6.33. The third kappa shape index (κ3) is 6.67. The zero-order valence-corrected chi connectivity index (χ0v) is 12.7. The molecule has 3 N–H and O–H groups in total. The predicted molar refractivity (Wildman–Crippen MR) is 81.6 cm³/mol. The van der Waals surface area contributed by atoms with E-state index in [2.05, 4.69) is 16.2 Å². The number of para-hydroxylation sites is 1. The van der Waals surface area contributed by atoms with Crippen LogP contribution in [0.3, 0.4) is 0 Å². The first-order chi connectivity index (χ1) is 10.0. The number of hydrogen-bond donors (Lipinski definition) is 3. The molecule has 0 heterocycles. The van der Waals surface area contributed by atoms with Gasteiger partial charge in [-0.15, -0.1) is 0 Å². The van der Waals surface area contributed by atoms with Crippen molar-refractivity contribution in [3.8, 4) is 0 Å². The average molecular weight is 312 g/mol. The van der Waals surface area contributed by atoms with Crippen LogP contribution in [0.15, 0.2) is 36.0 Å². The van der Waals surface area contributed by atoms with Crippen molar-refractivity contribution in [2.24, 2.45) is 0 Å². The number of benzene rings is 1. The zero-order valence-electron chi connectivity index (χ0n) is 11.9. The van der Waals surface area contributed by atoms with E-state index in [1.165, 1.54) is 6.08 Å². The molecule has 0 radical (unpaired) electrons. The van der Waals surface area contributed by atoms with Crippen LogP contribution >= 0.6 is 11.6 Å². The van der Waals surface area contributed by atoms with E-state index in [-0.39, 0.29) is 12.5 Å². The van der Waals surface area contributed by atoms with Gasteiger partial charge in [0.15, 0.2) is 0 Å². The Morgan fingerprint density at radius 2 is 2.00 bits per heavy atom. The molecule has 0 aromatic heterocycles. The molecule has 0 aliphatic carbocycles. The number of hydrogen-bond acceptors (Lipinski definition) is 5. The summed E-state index contributed by atoms with van der Waals surface area (Å²) >= 11 is 5.95. The van der Waals surface area contributed by atoms with Gasteiger partial charge in [-0.05, 0) is 26.0 Å². The van der Waals surface area contributed by atoms with E-state index in [0.29, 0.717) is 23.0 Å². The number of carbonyl (C=O) groups is 2. The standard InChI is InChI=1S/C14H18ClN3O3/c1-3-21-14(20)8-10(2)17-18-13(19)9-16-12-7-5-4-6-11(12)15/h4-8,16-17H,3,9H2,1-2H3,(H,18,19). The van der Waals surface area contributed by atoms with E-state index in [1.54, 1.807) is 32.0 Å². The van der Waals surface area contributed by atoms with E-state index in [9.17, 15) is 9.59 Å². The lowest BCUT2D eigenvalue weighted by molar-refractivity contribution is -0.137. The van der Waals surface area contributed by atoms with E-state index < -0.39 is 5.97 Å². The van der Waals surface area contributed by atoms with Gasteiger partial charge in [0.25, 0.3) is 5.91 Å². The van der Waals surface area contributed by atoms with E-state index in [1.807, 2.05) is 6.07 Å². The second-order valence-corrected chi connectivity index (χ2v) is 4.49. The number of rotatable bonds is 7. The fourth-order valence-corrected chi connectivity index (χ4v) is 1.59. The van der Waals surface area contributed by atoms with Crippen molar-refractivity contribution < 1.29 is 14.3 Å². The molecule has 0 fully saturated rings. The second kappa shape index (κ2) is 8.86. The summed E-state index contributed by atoms with van der Waals surface area (Å²) in [4.78, 5) is 22.8. The number of nitrogens with one attached hydrogen (secondary N) is 3. The monoisotopic (exact) mass is 311 g/mol. The molecule has 0 unspecified atom stereocenters. The molecule has 0 aliphatic heterocycles. The molecule has 0 aliphatic rings. The number of amides is 1. The summed E-state index contributed by atoms with van der Waals surface area (Å²) < 4.78 is 4.74. The highest BCUT2D eigenvalue weighted by Crippen LogP contribution is 2.19. The number of esters is 1. The maximum atomic E-state index is 11.6. The molecular weight excluding hydrogens is 294 g/mol. The summed E-state index contributed by atoms with van der Waals surface area (Å²) in [6.45, 7) is 3.70. The van der Waals surface area contributed by atoms with Crippen molar-refractivity contribution in [2.45, 2.75) is 13.8 Å². The molecule has 0 saturated carbocycles. The lowest BCUT2D eigenvalue weighted by Crippen LogP contribution is -2.39. The highest BCUT2D eigenvalue weighted by atomic mass is 35.5. The van der Waals surface area contributed by atoms with Crippen molar-refractivity contribution in [3.63, 3.8) is 0 Å². The maximum absolute atomic E-state index is 11.6. The van der Waals surface area contributed by atoms with Gasteiger partial charge < -0.3 is 15.5 Å². The third-order valence-corrected chi connectivity index (χ3v) is 2.66. The Labute approximate surface area is 128 Å². The second-order valence-electron chi connectivity index (χ2n) is 4.09. The lowest BCUT2D eigenvalue weighted by Gasteiger charge is -2.10. The van der Waals surface area contributed by atoms with Crippen LogP contribution in [0, 0.1) is 0 Å². The minimum atomic E-state index is -0.467. The number of allylic oxidation sites excluding steroid dienone is 1. The molecule has 0 spiro atoms. The predicted octanol–water partition coefficient (Wildman–Crippen LogP) is 1.84. The SMILES string of the molecule is CCOC(=O)C=C(C)NNC(=O)CNc1ccccc1Cl. The van der Waals surface area contributed by atoms with Crippen molar-refractivity contribution in [1.82, 2.24) is 10.9 Å². The summed E-state index contributed by atoms with van der Waals surface area (Å²) in [5.41, 5.74) is 6.21. The van der Waals surface area contributed by atoms with Gasteiger partial charge in [-0.25, -0.2) is 4.79 Å². The van der Waals surface area contributed by atoms with Gasteiger partial charge in [0.05, 0.1) is 23.9 Å². The van der Waals surface area contributed by atoms with Gasteiger partial charge in [-0.2, -0.15) is 0 Å². The van der Waals surface area contributed by atoms with E-state index in [0.717, 1.165) is 0 Å². The fraction of sp³-hybridized carbons (Fsp3) is 0.286. The molecule has 0 saturated heterocycles. The molecule has 6 nitrogen and oxygen atoms in total. The summed E-state index contributed by atoms with van der Waals surface area (Å²) in [7, 11) is 0. The van der Waals surface area contributed by atoms with Crippen LogP contribution < -0.4 is 16.2 Å². The smallest absolute Gasteiger partial charge is 0.332 e. The first-order valence-electron chi connectivity index (χ1n) is 6.41. The molecule has 1 aromatic carbocycles. The Hall–Kier alpha value is -2.21. The Bertz CT molecular complexity index is 532. The minimum absolute atomic E-state index is 0.0451. The van der Waals surface area contributed by atoms with Crippen molar-refractivity contribution >= 4 is 29.2 Å². The highest BCUT2D eigenvalue weighted by Gasteiger charge is 2.03. The molecule has 7 heteroatoms. The van der Waals surface area contributed by atoms with Gasteiger partial charge in [0.2, 0.25) is 0 Å². The van der Waals surface area contributed by atoms with Gasteiger partial charge >= 0.3 is 5.97 Å². The number of halogens is 1. The molecule has 1 aromatic rings. The molecule has 1 rings (SSSR count). The Kier molecular flexibility index (Phi) is 7.11. The largest absolute Gasteiger partial charge is 0.463 e. The molecule has 1 amide bonds. The number of carbonyl (C=O) groups excluding carboxylic acids is 2. The summed E-state index contributed by atoms with van der Waals surface area (Å²) in [5.74, 6) is -0.766. The first-order valence-corrected chi connectivity index (χ1v) is 6.79. The lowest BCUT2D eigenvalue weighted by atomic mass is 10.3. The normalized spacial score (nSPS) is 10.7. The van der Waals surface area contributed by atoms with Crippen LogP contribution in [-0.2, 0) is 14.3 Å². The van der Waals surface area contributed by atoms with Crippen LogP contribution in [0.4, 0.5) is 5.69 Å². The van der Waals surface area contributed by atoms with Crippen molar-refractivity contribution in [2.75, 3.05) is 18.5 Å². The number of anilines is 1.